The first kappa shape index (κ1) is 36.3. The molecule has 15 heteroatoms. The number of hydrogen-bond donors (Lipinski definition) is 1. The van der Waals surface area contributed by atoms with E-state index in [0.29, 0.717) is 59.8 Å². The molecule has 14 nitrogen and oxygen atoms in total. The molecule has 0 saturated carbocycles. The smallest absolute Gasteiger partial charge is 0.274 e. The first-order valence-electron chi connectivity index (χ1n) is 19.4. The normalized spacial score (nSPS) is 23.8. The van der Waals surface area contributed by atoms with Gasteiger partial charge in [0.25, 0.3) is 17.7 Å². The Balaban J connectivity index is 0.766. The molecule has 3 aromatic rings. The molecule has 7 heterocycles. The van der Waals surface area contributed by atoms with Gasteiger partial charge in [-0.15, -0.1) is 10.2 Å². The van der Waals surface area contributed by atoms with Crippen molar-refractivity contribution in [3.63, 3.8) is 0 Å². The molecule has 1 aromatic heterocycles. The van der Waals surface area contributed by atoms with Crippen LogP contribution in [0.3, 0.4) is 0 Å². The Morgan fingerprint density at radius 2 is 1.61 bits per heavy atom. The van der Waals surface area contributed by atoms with Gasteiger partial charge in [0.05, 0.1) is 17.7 Å². The van der Waals surface area contributed by atoms with Crippen LogP contribution in [0.5, 0.6) is 0 Å². The first-order chi connectivity index (χ1) is 27.0. The van der Waals surface area contributed by atoms with Crippen LogP contribution in [0.25, 0.3) is 4.85 Å². The minimum atomic E-state index is -0.982. The van der Waals surface area contributed by atoms with Crippen LogP contribution < -0.4 is 15.1 Å². The monoisotopic (exact) mass is 775 g/mol. The number of halogens is 1. The van der Waals surface area contributed by atoms with Gasteiger partial charge in [0.15, 0.2) is 11.5 Å². The summed E-state index contributed by atoms with van der Waals surface area (Å²) in [6, 6.07) is 12.6. The Morgan fingerprint density at radius 1 is 0.911 bits per heavy atom. The van der Waals surface area contributed by atoms with E-state index in [1.165, 1.54) is 0 Å². The zero-order chi connectivity index (χ0) is 38.9. The molecule has 5 amide bonds. The van der Waals surface area contributed by atoms with Crippen LogP contribution in [0.2, 0.25) is 5.02 Å². The Labute approximate surface area is 329 Å². The highest BCUT2D eigenvalue weighted by Crippen LogP contribution is 2.46. The molecule has 1 unspecified atom stereocenters. The molecule has 6 aliphatic heterocycles. The predicted molar refractivity (Wildman–Crippen MR) is 206 cm³/mol. The summed E-state index contributed by atoms with van der Waals surface area (Å²) in [4.78, 5) is 77.6. The van der Waals surface area contributed by atoms with Gasteiger partial charge in [-0.1, -0.05) is 17.7 Å². The lowest BCUT2D eigenvalue weighted by atomic mass is 9.77. The number of benzene rings is 2. The van der Waals surface area contributed by atoms with E-state index in [4.69, 9.17) is 18.2 Å². The average Bonchev–Trinajstić information content (AvgIpc) is 3.84. The number of fused-ring (bicyclic) bond motifs is 2. The van der Waals surface area contributed by atoms with Crippen molar-refractivity contribution in [1.82, 2.24) is 30.2 Å². The fraction of sp³-hybridized carbons (Fsp3) is 0.463. The molecule has 1 spiro atoms. The summed E-state index contributed by atoms with van der Waals surface area (Å²) < 4.78 is 0. The maximum absolute atomic E-state index is 13.5. The molecule has 1 N–H and O–H groups in total. The van der Waals surface area contributed by atoms with Crippen LogP contribution in [0.15, 0.2) is 42.5 Å². The van der Waals surface area contributed by atoms with Gasteiger partial charge in [-0.2, -0.15) is 0 Å². The number of likely N-dealkylation sites (tertiary alicyclic amines) is 1. The number of carbonyl (C=O) groups is 5. The van der Waals surface area contributed by atoms with Crippen molar-refractivity contribution in [3.05, 3.63) is 86.9 Å². The molecule has 2 aromatic carbocycles. The highest BCUT2D eigenvalue weighted by Gasteiger charge is 2.47. The second-order valence-corrected chi connectivity index (χ2v) is 16.6. The third-order valence-electron chi connectivity index (χ3n) is 12.9. The Bertz CT molecular complexity index is 2160. The van der Waals surface area contributed by atoms with Gasteiger partial charge >= 0.3 is 0 Å². The van der Waals surface area contributed by atoms with E-state index in [1.807, 2.05) is 23.1 Å². The lowest BCUT2D eigenvalue weighted by molar-refractivity contribution is -0.136. The van der Waals surface area contributed by atoms with E-state index in [9.17, 15) is 24.0 Å². The number of imide groups is 2. The first-order valence-corrected chi connectivity index (χ1v) is 19.8. The molecule has 4 saturated heterocycles. The number of aromatic nitrogens is 2. The zero-order valence-corrected chi connectivity index (χ0v) is 31.9. The van der Waals surface area contributed by atoms with Crippen molar-refractivity contribution in [3.8, 4) is 0 Å². The minimum Gasteiger partial charge on any atom is -0.368 e. The number of rotatable bonds is 5. The van der Waals surface area contributed by atoms with Gasteiger partial charge in [0, 0.05) is 75.0 Å². The topological polar surface area (TPSA) is 144 Å². The molecule has 2 atom stereocenters. The van der Waals surface area contributed by atoms with Gasteiger partial charge in [-0.25, -0.2) is 4.85 Å². The Hall–Kier alpha value is -5.39. The van der Waals surface area contributed by atoms with Crippen molar-refractivity contribution in [2.24, 2.45) is 5.41 Å². The fourth-order valence-corrected chi connectivity index (χ4v) is 10.1. The van der Waals surface area contributed by atoms with Crippen LogP contribution >= 0.6 is 11.6 Å². The maximum atomic E-state index is 13.5. The van der Waals surface area contributed by atoms with Gasteiger partial charge in [-0.05, 0) is 98.4 Å². The third-order valence-corrected chi connectivity index (χ3v) is 13.2. The molecule has 56 heavy (non-hydrogen) atoms. The molecule has 9 rings (SSSR count). The number of nitrogens with zero attached hydrogens (tertiary/aromatic N) is 8. The SMILES string of the molecule is [C-]#[N+]c1ccc(N2CC3(CCN(c4ccc(C(=O)N5CCC(N6Cc7cc8c(cc7C6)C(=O)N(C6CCC(=O)NC6=O)C8=O)CC5)nn4)CC3)C[C@@H]2C)cc1Cl. The van der Waals surface area contributed by atoms with Crippen LogP contribution in [0, 0.1) is 12.0 Å². The third kappa shape index (κ3) is 6.27. The van der Waals surface area contributed by atoms with Crippen molar-refractivity contribution >= 4 is 58.3 Å². The summed E-state index contributed by atoms with van der Waals surface area (Å²) >= 11 is 6.37. The van der Waals surface area contributed by atoms with E-state index in [0.717, 1.165) is 79.3 Å². The van der Waals surface area contributed by atoms with Crippen molar-refractivity contribution in [2.45, 2.75) is 83.1 Å². The van der Waals surface area contributed by atoms with Crippen LogP contribution in [0.1, 0.15) is 94.2 Å². The van der Waals surface area contributed by atoms with Gasteiger partial charge in [0.2, 0.25) is 17.5 Å². The largest absolute Gasteiger partial charge is 0.368 e. The number of nitrogens with one attached hydrogen (secondary N) is 1. The Kier molecular flexibility index (Phi) is 9.04. The highest BCUT2D eigenvalue weighted by atomic mass is 35.5. The van der Waals surface area contributed by atoms with E-state index in [-0.39, 0.29) is 30.2 Å². The standard InChI is InChI=1S/C41H42ClN9O5/c1-24-20-41(23-50(24)28-3-4-32(43-2)31(42)19-28)11-15-47(16-12-41)35-7-5-33(45-46-35)40(56)48-13-9-27(10-14-48)49-21-25-17-29-30(18-26(25)22-49)39(55)51(38(29)54)34-6-8-36(52)44-37(34)53/h3-5,7,17-19,24,27,34H,6,8-16,20-23H2,1H3,(H,44,52,53)/t24-,34?/m0/s1. The molecule has 0 radical (unpaired) electrons. The van der Waals surface area contributed by atoms with Crippen molar-refractivity contribution < 1.29 is 24.0 Å². The molecule has 288 valence electrons. The van der Waals surface area contributed by atoms with Crippen molar-refractivity contribution in [1.29, 1.82) is 0 Å². The Morgan fingerprint density at radius 3 is 2.21 bits per heavy atom. The predicted octanol–water partition coefficient (Wildman–Crippen LogP) is 4.59. The summed E-state index contributed by atoms with van der Waals surface area (Å²) in [5.74, 6) is -1.34. The molecule has 0 bridgehead atoms. The van der Waals surface area contributed by atoms with Crippen LogP contribution in [0.4, 0.5) is 17.2 Å². The highest BCUT2D eigenvalue weighted by molar-refractivity contribution is 6.33. The van der Waals surface area contributed by atoms with E-state index in [1.54, 1.807) is 24.3 Å². The summed E-state index contributed by atoms with van der Waals surface area (Å²) in [5, 5.41) is 11.6. The summed E-state index contributed by atoms with van der Waals surface area (Å²) in [5.41, 5.74) is 4.67. The molecular formula is C41H42ClN9O5. The second-order valence-electron chi connectivity index (χ2n) is 16.2. The van der Waals surface area contributed by atoms with Gasteiger partial charge < -0.3 is 14.7 Å². The molecular weight excluding hydrogens is 734 g/mol. The number of anilines is 2. The molecule has 0 aliphatic carbocycles. The maximum Gasteiger partial charge on any atom is 0.274 e. The number of hydrogen-bond acceptors (Lipinski definition) is 10. The number of amides is 5. The van der Waals surface area contributed by atoms with Crippen molar-refractivity contribution in [2.75, 3.05) is 42.5 Å². The average molecular weight is 776 g/mol. The van der Waals surface area contributed by atoms with Gasteiger partial charge in [0.1, 0.15) is 6.04 Å². The van der Waals surface area contributed by atoms with Crippen LogP contribution in [-0.4, -0.2) is 105 Å². The van der Waals surface area contributed by atoms with E-state index >= 15 is 0 Å². The summed E-state index contributed by atoms with van der Waals surface area (Å²) in [6.07, 6.45) is 4.95. The van der Waals surface area contributed by atoms with Crippen LogP contribution in [-0.2, 0) is 22.7 Å². The zero-order valence-electron chi connectivity index (χ0n) is 31.2. The lowest BCUT2D eigenvalue weighted by Gasteiger charge is -2.39. The second kappa shape index (κ2) is 14.0. The fourth-order valence-electron chi connectivity index (χ4n) is 9.86. The number of carbonyl (C=O) groups excluding carboxylic acids is 5. The summed E-state index contributed by atoms with van der Waals surface area (Å²) in [7, 11) is 0. The van der Waals surface area contributed by atoms with E-state index in [2.05, 4.69) is 42.0 Å². The molecule has 6 aliphatic rings. The van der Waals surface area contributed by atoms with E-state index < -0.39 is 29.7 Å². The van der Waals surface area contributed by atoms with Gasteiger partial charge in [-0.3, -0.25) is 39.1 Å². The number of piperidine rings is 3. The summed E-state index contributed by atoms with van der Waals surface area (Å²) in [6.45, 7) is 14.7. The quantitative estimate of drug-likeness (QED) is 0.289. The minimum absolute atomic E-state index is 0.0835. The lowest BCUT2D eigenvalue weighted by Crippen LogP contribution is -2.54. The molecule has 4 fully saturated rings.